The highest BCUT2D eigenvalue weighted by Gasteiger charge is 2.31. The van der Waals surface area contributed by atoms with Crippen LogP contribution < -0.4 is 29.0 Å². The van der Waals surface area contributed by atoms with Crippen LogP contribution in [0.3, 0.4) is 0 Å². The molecule has 1 unspecified atom stereocenters. The Kier molecular flexibility index (Phi) is 7.65. The van der Waals surface area contributed by atoms with Gasteiger partial charge in [-0.05, 0) is 37.2 Å². The summed E-state index contributed by atoms with van der Waals surface area (Å²) in [4.78, 5) is 2.45. The molecule has 0 saturated carbocycles. The molecule has 0 radical (unpaired) electrons. The minimum absolute atomic E-state index is 0.0829. The van der Waals surface area contributed by atoms with Crippen molar-refractivity contribution in [3.05, 3.63) is 41.5 Å². The minimum Gasteiger partial charge on any atom is -0.497 e. The summed E-state index contributed by atoms with van der Waals surface area (Å²) in [5.41, 5.74) is 2.05. The predicted octanol–water partition coefficient (Wildman–Crippen LogP) is 3.11. The van der Waals surface area contributed by atoms with Gasteiger partial charge >= 0.3 is 0 Å². The van der Waals surface area contributed by atoms with E-state index in [1.165, 1.54) is 0 Å². The molecular weight excluding hydrogens is 384 g/mol. The van der Waals surface area contributed by atoms with Gasteiger partial charge in [-0.3, -0.25) is 4.90 Å². The highest BCUT2D eigenvalue weighted by atomic mass is 16.5. The number of hydrogen-bond acceptors (Lipinski definition) is 7. The maximum atomic E-state index is 5.84. The average molecular weight is 417 g/mol. The number of methoxy groups -OCH3 is 5. The first kappa shape index (κ1) is 22.1. The average Bonchev–Trinajstić information content (AvgIpc) is 3.08. The zero-order valence-corrected chi connectivity index (χ0v) is 18.5. The maximum Gasteiger partial charge on any atom is 0.203 e. The summed E-state index contributed by atoms with van der Waals surface area (Å²) in [5.74, 6) is 3.41. The molecule has 1 fully saturated rings. The van der Waals surface area contributed by atoms with Crippen molar-refractivity contribution in [2.24, 2.45) is 0 Å². The smallest absolute Gasteiger partial charge is 0.203 e. The molecular formula is C23H32N2O5. The Morgan fingerprint density at radius 1 is 0.733 bits per heavy atom. The number of nitrogens with zero attached hydrogens (tertiary/aromatic N) is 1. The molecule has 0 aliphatic carbocycles. The molecule has 3 rings (SSSR count). The lowest BCUT2D eigenvalue weighted by atomic mass is 9.94. The van der Waals surface area contributed by atoms with Crippen molar-refractivity contribution in [3.63, 3.8) is 0 Å². The highest BCUT2D eigenvalue weighted by Crippen LogP contribution is 2.47. The lowest BCUT2D eigenvalue weighted by Crippen LogP contribution is -2.33. The Labute approximate surface area is 178 Å². The second-order valence-electron chi connectivity index (χ2n) is 7.07. The van der Waals surface area contributed by atoms with Crippen LogP contribution in [0.2, 0.25) is 0 Å². The first-order valence-corrected chi connectivity index (χ1v) is 10.1. The Bertz CT molecular complexity index is 835. The van der Waals surface area contributed by atoms with Gasteiger partial charge in [0.2, 0.25) is 5.75 Å². The van der Waals surface area contributed by atoms with Crippen LogP contribution in [-0.4, -0.2) is 66.6 Å². The summed E-state index contributed by atoms with van der Waals surface area (Å²) in [5, 5.41) is 3.48. The lowest BCUT2D eigenvalue weighted by Gasteiger charge is -2.33. The van der Waals surface area contributed by atoms with Gasteiger partial charge in [0.05, 0.1) is 41.6 Å². The van der Waals surface area contributed by atoms with Gasteiger partial charge in [-0.2, -0.15) is 0 Å². The van der Waals surface area contributed by atoms with E-state index >= 15 is 0 Å². The molecule has 1 atom stereocenters. The zero-order chi connectivity index (χ0) is 21.5. The molecule has 2 aromatic carbocycles. The lowest BCUT2D eigenvalue weighted by molar-refractivity contribution is 0.229. The standard InChI is InChI=1S/C23H32N2O5/c1-26-16-7-8-17(20(15-16)28-3)21(25-13-6-11-24-12-14-25)18-9-10-19(27-2)23(30-5)22(18)29-4/h7-10,15,21,24H,6,11-14H2,1-5H3. The third-order valence-electron chi connectivity index (χ3n) is 5.50. The SMILES string of the molecule is COc1ccc(C(c2ccc(OC)c(OC)c2OC)N2CCCNCC2)c(OC)c1. The Balaban J connectivity index is 2.21. The van der Waals surface area contributed by atoms with Crippen molar-refractivity contribution >= 4 is 0 Å². The van der Waals surface area contributed by atoms with Crippen molar-refractivity contribution in [3.8, 4) is 28.7 Å². The monoisotopic (exact) mass is 416 g/mol. The first-order chi connectivity index (χ1) is 14.7. The van der Waals surface area contributed by atoms with Gasteiger partial charge in [-0.1, -0.05) is 0 Å². The molecule has 0 aromatic heterocycles. The van der Waals surface area contributed by atoms with Crippen LogP contribution in [0.25, 0.3) is 0 Å². The number of hydrogen-bond donors (Lipinski definition) is 1. The van der Waals surface area contributed by atoms with E-state index in [4.69, 9.17) is 23.7 Å². The summed E-state index contributed by atoms with van der Waals surface area (Å²) in [6.45, 7) is 3.78. The van der Waals surface area contributed by atoms with Crippen molar-refractivity contribution in [2.75, 3.05) is 61.7 Å². The third-order valence-corrected chi connectivity index (χ3v) is 5.50. The van der Waals surface area contributed by atoms with E-state index in [1.54, 1.807) is 35.5 Å². The Hall–Kier alpha value is -2.64. The minimum atomic E-state index is -0.0829. The van der Waals surface area contributed by atoms with Crippen LogP contribution in [0.5, 0.6) is 28.7 Å². The van der Waals surface area contributed by atoms with E-state index in [0.29, 0.717) is 17.2 Å². The quantitative estimate of drug-likeness (QED) is 0.709. The molecule has 0 spiro atoms. The second-order valence-corrected chi connectivity index (χ2v) is 7.07. The van der Waals surface area contributed by atoms with Crippen LogP contribution in [0.15, 0.2) is 30.3 Å². The van der Waals surface area contributed by atoms with Gasteiger partial charge in [0.1, 0.15) is 11.5 Å². The van der Waals surface area contributed by atoms with Crippen molar-refractivity contribution in [2.45, 2.75) is 12.5 Å². The summed E-state index contributed by atoms with van der Waals surface area (Å²) >= 11 is 0. The van der Waals surface area contributed by atoms with Gasteiger partial charge in [0.25, 0.3) is 0 Å². The summed E-state index contributed by atoms with van der Waals surface area (Å²) < 4.78 is 28.2. The van der Waals surface area contributed by atoms with Gasteiger partial charge in [0, 0.05) is 36.8 Å². The number of rotatable bonds is 8. The van der Waals surface area contributed by atoms with Crippen molar-refractivity contribution in [1.82, 2.24) is 10.2 Å². The fourth-order valence-corrected chi connectivity index (χ4v) is 4.07. The van der Waals surface area contributed by atoms with Gasteiger partial charge in [-0.25, -0.2) is 0 Å². The molecule has 2 aromatic rings. The molecule has 30 heavy (non-hydrogen) atoms. The zero-order valence-electron chi connectivity index (χ0n) is 18.5. The van der Waals surface area contributed by atoms with Gasteiger partial charge in [-0.15, -0.1) is 0 Å². The first-order valence-electron chi connectivity index (χ1n) is 10.1. The van der Waals surface area contributed by atoms with E-state index < -0.39 is 0 Å². The van der Waals surface area contributed by atoms with E-state index in [9.17, 15) is 0 Å². The largest absolute Gasteiger partial charge is 0.497 e. The van der Waals surface area contributed by atoms with Crippen molar-refractivity contribution < 1.29 is 23.7 Å². The van der Waals surface area contributed by atoms with Crippen LogP contribution >= 0.6 is 0 Å². The Morgan fingerprint density at radius 3 is 2.13 bits per heavy atom. The van der Waals surface area contributed by atoms with Crippen molar-refractivity contribution in [1.29, 1.82) is 0 Å². The summed E-state index contributed by atoms with van der Waals surface area (Å²) in [6.07, 6.45) is 1.06. The molecule has 1 aliphatic heterocycles. The van der Waals surface area contributed by atoms with E-state index in [0.717, 1.165) is 55.2 Å². The number of ether oxygens (including phenoxy) is 5. The van der Waals surface area contributed by atoms with Crippen LogP contribution in [0.1, 0.15) is 23.6 Å². The molecule has 7 nitrogen and oxygen atoms in total. The summed E-state index contributed by atoms with van der Waals surface area (Å²) in [7, 11) is 8.26. The topological polar surface area (TPSA) is 61.4 Å². The molecule has 164 valence electrons. The Morgan fingerprint density at radius 2 is 1.47 bits per heavy atom. The molecule has 1 heterocycles. The molecule has 1 saturated heterocycles. The van der Waals surface area contributed by atoms with Crippen LogP contribution in [-0.2, 0) is 0 Å². The van der Waals surface area contributed by atoms with E-state index in [1.807, 2.05) is 24.3 Å². The van der Waals surface area contributed by atoms with Crippen LogP contribution in [0.4, 0.5) is 0 Å². The van der Waals surface area contributed by atoms with Gasteiger partial charge < -0.3 is 29.0 Å². The normalized spacial score (nSPS) is 15.8. The second kappa shape index (κ2) is 10.4. The van der Waals surface area contributed by atoms with E-state index in [2.05, 4.69) is 16.3 Å². The summed E-state index contributed by atoms with van der Waals surface area (Å²) in [6, 6.07) is 9.85. The third kappa shape index (κ3) is 4.42. The molecule has 0 amide bonds. The molecule has 1 aliphatic rings. The predicted molar refractivity (Wildman–Crippen MR) is 117 cm³/mol. The molecule has 0 bridgehead atoms. The fraction of sp³-hybridized carbons (Fsp3) is 0.478. The van der Waals surface area contributed by atoms with Crippen LogP contribution in [0, 0.1) is 0 Å². The maximum absolute atomic E-state index is 5.84. The number of nitrogens with one attached hydrogen (secondary N) is 1. The van der Waals surface area contributed by atoms with E-state index in [-0.39, 0.29) is 6.04 Å². The number of benzene rings is 2. The fourth-order valence-electron chi connectivity index (χ4n) is 4.07. The van der Waals surface area contributed by atoms with Gasteiger partial charge in [0.15, 0.2) is 11.5 Å². The molecule has 7 heteroatoms. The highest BCUT2D eigenvalue weighted by molar-refractivity contribution is 5.59. The molecule has 1 N–H and O–H groups in total.